The molecule has 0 bridgehead atoms. The van der Waals surface area contributed by atoms with Crippen LogP contribution in [0.2, 0.25) is 0 Å². The van der Waals surface area contributed by atoms with Crippen molar-refractivity contribution in [3.05, 3.63) is 59.9 Å². The number of aryl methyl sites for hydroxylation is 1. The number of piperidine rings is 1. The Morgan fingerprint density at radius 3 is 2.38 bits per heavy atom. The number of carbonyl (C=O) groups excluding carboxylic acids is 1. The second-order valence-corrected chi connectivity index (χ2v) is 7.20. The first-order valence-corrected chi connectivity index (χ1v) is 9.41. The van der Waals surface area contributed by atoms with Gasteiger partial charge in [0.15, 0.2) is 5.79 Å². The third-order valence-electron chi connectivity index (χ3n) is 5.59. The van der Waals surface area contributed by atoms with Crippen LogP contribution in [0.3, 0.4) is 0 Å². The summed E-state index contributed by atoms with van der Waals surface area (Å²) >= 11 is 0. The lowest BCUT2D eigenvalue weighted by molar-refractivity contribution is -0.187. The molecule has 1 amide bonds. The summed E-state index contributed by atoms with van der Waals surface area (Å²) in [5, 5.41) is 0. The molecular formula is C21H26N2O3. The van der Waals surface area contributed by atoms with Crippen molar-refractivity contribution < 1.29 is 14.3 Å². The number of likely N-dealkylation sites (tertiary alicyclic amines) is 1. The highest BCUT2D eigenvalue weighted by molar-refractivity contribution is 5.77. The minimum Gasteiger partial charge on any atom is -0.347 e. The fourth-order valence-corrected chi connectivity index (χ4v) is 4.07. The average molecular weight is 354 g/mol. The lowest BCUT2D eigenvalue weighted by Crippen LogP contribution is -2.47. The summed E-state index contributed by atoms with van der Waals surface area (Å²) in [5.74, 6) is -0.244. The van der Waals surface area contributed by atoms with Gasteiger partial charge in [0.25, 0.3) is 0 Å². The summed E-state index contributed by atoms with van der Waals surface area (Å²) in [6, 6.07) is 12.4. The molecule has 0 aliphatic carbocycles. The molecule has 0 radical (unpaired) electrons. The smallest absolute Gasteiger partial charge is 0.225 e. The first kappa shape index (κ1) is 17.3. The van der Waals surface area contributed by atoms with Gasteiger partial charge in [-0.25, -0.2) is 0 Å². The first-order valence-electron chi connectivity index (χ1n) is 9.41. The van der Waals surface area contributed by atoms with E-state index in [0.29, 0.717) is 32.7 Å². The zero-order valence-corrected chi connectivity index (χ0v) is 15.3. The summed E-state index contributed by atoms with van der Waals surface area (Å²) < 4.78 is 13.7. The van der Waals surface area contributed by atoms with Gasteiger partial charge in [0, 0.05) is 38.3 Å². The molecule has 2 aliphatic heterocycles. The highest BCUT2D eigenvalue weighted by atomic mass is 16.7. The third kappa shape index (κ3) is 3.41. The molecule has 5 heteroatoms. The molecule has 1 aromatic carbocycles. The number of nitrogens with zero attached hydrogens (tertiary/aromatic N) is 2. The zero-order chi connectivity index (χ0) is 18.0. The van der Waals surface area contributed by atoms with E-state index in [4.69, 9.17) is 9.47 Å². The molecule has 3 heterocycles. The van der Waals surface area contributed by atoms with Gasteiger partial charge in [-0.2, -0.15) is 0 Å². The number of carbonyl (C=O) groups is 1. The Labute approximate surface area is 154 Å². The quantitative estimate of drug-likeness (QED) is 0.847. The van der Waals surface area contributed by atoms with Crippen molar-refractivity contribution >= 4 is 5.91 Å². The standard InChI is InChI=1S/C21H26N2O3/c1-17-6-2-3-7-18(17)19(22-10-4-5-11-22)16-20(24)23-12-8-21(9-13-23)25-14-15-26-21/h2-7,10-11,19H,8-9,12-16H2,1H3/t19-/m0/s1. The van der Waals surface area contributed by atoms with Crippen molar-refractivity contribution in [3.8, 4) is 0 Å². The van der Waals surface area contributed by atoms with Crippen LogP contribution < -0.4 is 0 Å². The van der Waals surface area contributed by atoms with Gasteiger partial charge in [-0.05, 0) is 30.2 Å². The molecule has 2 aromatic rings. The van der Waals surface area contributed by atoms with Gasteiger partial charge >= 0.3 is 0 Å². The van der Waals surface area contributed by atoms with Crippen LogP contribution in [0.5, 0.6) is 0 Å². The maximum atomic E-state index is 13.0. The highest BCUT2D eigenvalue weighted by Crippen LogP contribution is 2.32. The van der Waals surface area contributed by atoms with E-state index < -0.39 is 5.79 Å². The topological polar surface area (TPSA) is 43.7 Å². The number of aromatic nitrogens is 1. The van der Waals surface area contributed by atoms with E-state index in [1.165, 1.54) is 11.1 Å². The number of amides is 1. The lowest BCUT2D eigenvalue weighted by atomic mass is 9.97. The summed E-state index contributed by atoms with van der Waals surface area (Å²) in [4.78, 5) is 15.0. The van der Waals surface area contributed by atoms with E-state index in [-0.39, 0.29) is 11.9 Å². The van der Waals surface area contributed by atoms with Crippen LogP contribution in [0.25, 0.3) is 0 Å². The Bertz CT molecular complexity index is 740. The Kier molecular flexibility index (Phi) is 4.83. The fourth-order valence-electron chi connectivity index (χ4n) is 4.07. The van der Waals surface area contributed by atoms with E-state index in [9.17, 15) is 4.79 Å². The maximum absolute atomic E-state index is 13.0. The molecule has 2 fully saturated rings. The van der Waals surface area contributed by atoms with E-state index in [1.807, 2.05) is 41.6 Å². The molecule has 1 aromatic heterocycles. The second kappa shape index (κ2) is 7.25. The number of ether oxygens (including phenoxy) is 2. The molecule has 5 nitrogen and oxygen atoms in total. The van der Waals surface area contributed by atoms with Crippen molar-refractivity contribution in [1.82, 2.24) is 9.47 Å². The lowest BCUT2D eigenvalue weighted by Gasteiger charge is -2.38. The highest BCUT2D eigenvalue weighted by Gasteiger charge is 2.41. The molecule has 4 rings (SSSR count). The molecule has 138 valence electrons. The zero-order valence-electron chi connectivity index (χ0n) is 15.3. The number of hydrogen-bond donors (Lipinski definition) is 0. The summed E-state index contributed by atoms with van der Waals surface area (Å²) in [7, 11) is 0. The minimum absolute atomic E-state index is 0.0218. The Hall–Kier alpha value is -2.11. The van der Waals surface area contributed by atoms with E-state index >= 15 is 0 Å². The predicted octanol–water partition coefficient (Wildman–Crippen LogP) is 3.14. The Balaban J connectivity index is 1.48. The van der Waals surface area contributed by atoms with Crippen LogP contribution in [0.15, 0.2) is 48.8 Å². The van der Waals surface area contributed by atoms with Crippen LogP contribution in [0, 0.1) is 6.92 Å². The van der Waals surface area contributed by atoms with Crippen molar-refractivity contribution in [2.75, 3.05) is 26.3 Å². The molecular weight excluding hydrogens is 328 g/mol. The van der Waals surface area contributed by atoms with Crippen LogP contribution in [-0.4, -0.2) is 47.5 Å². The van der Waals surface area contributed by atoms with Gasteiger partial charge in [0.05, 0.1) is 25.7 Å². The molecule has 0 unspecified atom stereocenters. The SMILES string of the molecule is Cc1ccccc1[C@H](CC(=O)N1CCC2(CC1)OCCO2)n1cccc1. The predicted molar refractivity (Wildman–Crippen MR) is 98.8 cm³/mol. The van der Waals surface area contributed by atoms with Gasteiger partial charge in [-0.1, -0.05) is 24.3 Å². The summed E-state index contributed by atoms with van der Waals surface area (Å²) in [6.45, 7) is 4.83. The molecule has 1 atom stereocenters. The van der Waals surface area contributed by atoms with E-state index in [0.717, 1.165) is 12.8 Å². The van der Waals surface area contributed by atoms with E-state index in [2.05, 4.69) is 23.6 Å². The number of rotatable bonds is 4. The van der Waals surface area contributed by atoms with Crippen molar-refractivity contribution in [3.63, 3.8) is 0 Å². The van der Waals surface area contributed by atoms with Crippen LogP contribution in [0.4, 0.5) is 0 Å². The molecule has 0 N–H and O–H groups in total. The number of benzene rings is 1. The van der Waals surface area contributed by atoms with Gasteiger partial charge in [-0.3, -0.25) is 4.79 Å². The van der Waals surface area contributed by atoms with Crippen molar-refractivity contribution in [2.24, 2.45) is 0 Å². The molecule has 2 saturated heterocycles. The molecule has 2 aliphatic rings. The maximum Gasteiger partial charge on any atom is 0.225 e. The molecule has 0 saturated carbocycles. The third-order valence-corrected chi connectivity index (χ3v) is 5.59. The summed E-state index contributed by atoms with van der Waals surface area (Å²) in [5.41, 5.74) is 2.41. The van der Waals surface area contributed by atoms with Crippen LogP contribution in [-0.2, 0) is 14.3 Å². The van der Waals surface area contributed by atoms with Crippen molar-refractivity contribution in [1.29, 1.82) is 0 Å². The van der Waals surface area contributed by atoms with Gasteiger partial charge in [0.1, 0.15) is 0 Å². The molecule has 26 heavy (non-hydrogen) atoms. The Morgan fingerprint density at radius 2 is 1.73 bits per heavy atom. The van der Waals surface area contributed by atoms with Gasteiger partial charge in [0.2, 0.25) is 5.91 Å². The average Bonchev–Trinajstić information content (AvgIpc) is 3.33. The van der Waals surface area contributed by atoms with E-state index in [1.54, 1.807) is 0 Å². The van der Waals surface area contributed by atoms with Crippen molar-refractivity contribution in [2.45, 2.75) is 38.0 Å². The summed E-state index contributed by atoms with van der Waals surface area (Å²) in [6.07, 6.45) is 6.06. The normalized spacial score (nSPS) is 20.4. The number of hydrogen-bond acceptors (Lipinski definition) is 3. The molecule has 1 spiro atoms. The Morgan fingerprint density at radius 1 is 1.08 bits per heavy atom. The van der Waals surface area contributed by atoms with Crippen LogP contribution in [0.1, 0.15) is 36.4 Å². The minimum atomic E-state index is -0.438. The van der Waals surface area contributed by atoms with Gasteiger partial charge in [-0.15, -0.1) is 0 Å². The first-order chi connectivity index (χ1) is 12.7. The van der Waals surface area contributed by atoms with Crippen LogP contribution >= 0.6 is 0 Å². The monoisotopic (exact) mass is 354 g/mol. The largest absolute Gasteiger partial charge is 0.347 e. The van der Waals surface area contributed by atoms with Gasteiger partial charge < -0.3 is 18.9 Å². The second-order valence-electron chi connectivity index (χ2n) is 7.20. The fraction of sp³-hybridized carbons (Fsp3) is 0.476.